The summed E-state index contributed by atoms with van der Waals surface area (Å²) in [7, 11) is 1.56. The molecule has 0 bridgehead atoms. The van der Waals surface area contributed by atoms with E-state index in [1.165, 1.54) is 11.3 Å². The topological polar surface area (TPSA) is 86.8 Å². The number of fused-ring (bicyclic) bond motifs is 1. The first kappa shape index (κ1) is 18.7. The summed E-state index contributed by atoms with van der Waals surface area (Å²) in [6.07, 6.45) is 0. The van der Waals surface area contributed by atoms with E-state index >= 15 is 0 Å². The Morgan fingerprint density at radius 3 is 2.78 bits per heavy atom. The molecule has 8 heteroatoms. The lowest BCUT2D eigenvalue weighted by molar-refractivity contribution is -0.124. The van der Waals surface area contributed by atoms with Crippen LogP contribution in [0.25, 0.3) is 10.2 Å². The highest BCUT2D eigenvalue weighted by atomic mass is 32.1. The lowest BCUT2D eigenvalue weighted by Crippen LogP contribution is -2.32. The molecular formula is C19H18N2O5S. The third kappa shape index (κ3) is 4.95. The molecule has 0 aliphatic carbocycles. The Bertz CT molecular complexity index is 941. The van der Waals surface area contributed by atoms with E-state index in [1.54, 1.807) is 43.0 Å². The number of nitrogens with one attached hydrogen (secondary N) is 1. The van der Waals surface area contributed by atoms with Gasteiger partial charge >= 0.3 is 5.97 Å². The Labute approximate surface area is 159 Å². The third-order valence-electron chi connectivity index (χ3n) is 3.65. The van der Waals surface area contributed by atoms with Crippen molar-refractivity contribution in [2.45, 2.75) is 0 Å². The number of para-hydroxylation sites is 2. The Morgan fingerprint density at radius 1 is 1.15 bits per heavy atom. The van der Waals surface area contributed by atoms with Crippen molar-refractivity contribution in [2.24, 2.45) is 0 Å². The summed E-state index contributed by atoms with van der Waals surface area (Å²) in [5.41, 5.74) is 2.92. The van der Waals surface area contributed by atoms with E-state index in [4.69, 9.17) is 14.2 Å². The van der Waals surface area contributed by atoms with Crippen molar-refractivity contribution in [1.82, 2.24) is 10.3 Å². The summed E-state index contributed by atoms with van der Waals surface area (Å²) in [6, 6.07) is 12.3. The van der Waals surface area contributed by atoms with Crippen molar-refractivity contribution < 1.29 is 23.8 Å². The molecule has 0 atom stereocenters. The lowest BCUT2D eigenvalue weighted by atomic mass is 10.2. The zero-order chi connectivity index (χ0) is 19.1. The summed E-state index contributed by atoms with van der Waals surface area (Å²) in [5, 5.41) is 2.63. The number of nitrogens with zero attached hydrogens (tertiary/aromatic N) is 1. The molecule has 0 spiro atoms. The second-order valence-electron chi connectivity index (χ2n) is 5.46. The van der Waals surface area contributed by atoms with Gasteiger partial charge < -0.3 is 19.5 Å². The highest BCUT2D eigenvalue weighted by Gasteiger charge is 2.11. The first-order chi connectivity index (χ1) is 13.2. The van der Waals surface area contributed by atoms with Crippen molar-refractivity contribution in [2.75, 3.05) is 26.9 Å². The number of methoxy groups -OCH3 is 1. The zero-order valence-electron chi connectivity index (χ0n) is 14.6. The molecule has 0 saturated heterocycles. The van der Waals surface area contributed by atoms with E-state index in [9.17, 15) is 9.59 Å². The highest BCUT2D eigenvalue weighted by Crippen LogP contribution is 2.25. The number of esters is 1. The van der Waals surface area contributed by atoms with Crippen LogP contribution in [0.5, 0.6) is 11.5 Å². The summed E-state index contributed by atoms with van der Waals surface area (Å²) in [6.45, 7) is 0.192. The highest BCUT2D eigenvalue weighted by molar-refractivity contribution is 7.16. The fraction of sp³-hybridized carbons (Fsp3) is 0.211. The Balaban J connectivity index is 1.39. The van der Waals surface area contributed by atoms with Crippen molar-refractivity contribution in [1.29, 1.82) is 0 Å². The first-order valence-electron chi connectivity index (χ1n) is 8.20. The number of thiazole rings is 1. The maximum atomic E-state index is 12.0. The SMILES string of the molecule is COc1ccccc1OCCNC(=O)COC(=O)c1ccc2ncsc2c1. The van der Waals surface area contributed by atoms with E-state index in [0.29, 0.717) is 17.1 Å². The number of rotatable bonds is 8. The summed E-state index contributed by atoms with van der Waals surface area (Å²) in [5.74, 6) is 0.270. The van der Waals surface area contributed by atoms with Crippen LogP contribution < -0.4 is 14.8 Å². The van der Waals surface area contributed by atoms with Crippen molar-refractivity contribution in [3.05, 3.63) is 53.5 Å². The van der Waals surface area contributed by atoms with Gasteiger partial charge in [-0.3, -0.25) is 4.79 Å². The Hall–Kier alpha value is -3.13. The summed E-state index contributed by atoms with van der Waals surface area (Å²) >= 11 is 1.44. The van der Waals surface area contributed by atoms with Crippen LogP contribution in [0.4, 0.5) is 0 Å². The number of ether oxygens (including phenoxy) is 3. The molecule has 2 aromatic carbocycles. The number of aromatic nitrogens is 1. The molecule has 3 aromatic rings. The second kappa shape index (κ2) is 9.00. The van der Waals surface area contributed by atoms with Gasteiger partial charge in [0.25, 0.3) is 5.91 Å². The number of hydrogen-bond donors (Lipinski definition) is 1. The lowest BCUT2D eigenvalue weighted by Gasteiger charge is -2.11. The molecule has 7 nitrogen and oxygen atoms in total. The average molecular weight is 386 g/mol. The fourth-order valence-corrected chi connectivity index (χ4v) is 3.05. The second-order valence-corrected chi connectivity index (χ2v) is 6.35. The molecule has 27 heavy (non-hydrogen) atoms. The number of amides is 1. The molecule has 1 aromatic heterocycles. The number of benzene rings is 2. The van der Waals surface area contributed by atoms with Gasteiger partial charge in [0.05, 0.1) is 34.9 Å². The van der Waals surface area contributed by atoms with Crippen LogP contribution >= 0.6 is 11.3 Å². The van der Waals surface area contributed by atoms with E-state index in [1.807, 2.05) is 12.1 Å². The van der Waals surface area contributed by atoms with Gasteiger partial charge in [0, 0.05) is 0 Å². The smallest absolute Gasteiger partial charge is 0.338 e. The van der Waals surface area contributed by atoms with Gasteiger partial charge in [-0.25, -0.2) is 9.78 Å². The molecule has 0 aliphatic rings. The number of carbonyl (C=O) groups excluding carboxylic acids is 2. The van der Waals surface area contributed by atoms with Crippen molar-refractivity contribution >= 4 is 33.4 Å². The standard InChI is InChI=1S/C19H18N2O5S/c1-24-15-4-2-3-5-16(15)25-9-8-20-18(22)11-26-19(23)13-6-7-14-17(10-13)27-12-21-14/h2-7,10,12H,8-9,11H2,1H3,(H,20,22). The van der Waals surface area contributed by atoms with Crippen LogP contribution in [0, 0.1) is 0 Å². The predicted molar refractivity (Wildman–Crippen MR) is 101 cm³/mol. The van der Waals surface area contributed by atoms with Gasteiger partial charge in [-0.2, -0.15) is 0 Å². The van der Waals surface area contributed by atoms with Gasteiger partial charge in [0.2, 0.25) is 0 Å². The molecule has 0 aliphatic heterocycles. The van der Waals surface area contributed by atoms with Gasteiger partial charge in [0.1, 0.15) is 6.61 Å². The minimum Gasteiger partial charge on any atom is -0.493 e. The van der Waals surface area contributed by atoms with E-state index in [0.717, 1.165) is 10.2 Å². The molecule has 1 N–H and O–H groups in total. The van der Waals surface area contributed by atoms with Gasteiger partial charge in [-0.1, -0.05) is 12.1 Å². The van der Waals surface area contributed by atoms with E-state index in [2.05, 4.69) is 10.3 Å². The molecule has 1 heterocycles. The molecule has 0 radical (unpaired) electrons. The maximum Gasteiger partial charge on any atom is 0.338 e. The van der Waals surface area contributed by atoms with Gasteiger partial charge in [-0.05, 0) is 30.3 Å². The third-order valence-corrected chi connectivity index (χ3v) is 4.44. The predicted octanol–water partition coefficient (Wildman–Crippen LogP) is 2.66. The zero-order valence-corrected chi connectivity index (χ0v) is 15.5. The fourth-order valence-electron chi connectivity index (χ4n) is 2.34. The molecule has 0 unspecified atom stereocenters. The van der Waals surface area contributed by atoms with Crippen LogP contribution in [-0.4, -0.2) is 43.7 Å². The normalized spacial score (nSPS) is 10.4. The number of hydrogen-bond acceptors (Lipinski definition) is 7. The van der Waals surface area contributed by atoms with E-state index in [-0.39, 0.29) is 19.8 Å². The van der Waals surface area contributed by atoms with Gasteiger partial charge in [-0.15, -0.1) is 11.3 Å². The van der Waals surface area contributed by atoms with Crippen molar-refractivity contribution in [3.8, 4) is 11.5 Å². The van der Waals surface area contributed by atoms with Crippen LogP contribution in [0.15, 0.2) is 48.0 Å². The molecule has 3 rings (SSSR count). The molecule has 0 fully saturated rings. The quantitative estimate of drug-likeness (QED) is 0.473. The first-order valence-corrected chi connectivity index (χ1v) is 9.08. The molecular weight excluding hydrogens is 368 g/mol. The minimum atomic E-state index is -0.550. The average Bonchev–Trinajstić information content (AvgIpc) is 3.17. The molecule has 0 saturated carbocycles. The van der Waals surface area contributed by atoms with Crippen molar-refractivity contribution in [3.63, 3.8) is 0 Å². The van der Waals surface area contributed by atoms with Crippen LogP contribution in [0.3, 0.4) is 0 Å². The minimum absolute atomic E-state index is 0.266. The monoisotopic (exact) mass is 386 g/mol. The molecule has 1 amide bonds. The Morgan fingerprint density at radius 2 is 1.96 bits per heavy atom. The summed E-state index contributed by atoms with van der Waals surface area (Å²) < 4.78 is 16.7. The molecule has 140 valence electrons. The largest absolute Gasteiger partial charge is 0.493 e. The number of carbonyl (C=O) groups is 2. The van der Waals surface area contributed by atoms with Crippen LogP contribution in [0.1, 0.15) is 10.4 Å². The van der Waals surface area contributed by atoms with Crippen LogP contribution in [-0.2, 0) is 9.53 Å². The summed E-state index contributed by atoms with van der Waals surface area (Å²) in [4.78, 5) is 28.0. The Kier molecular flexibility index (Phi) is 6.22. The maximum absolute atomic E-state index is 12.0. The van der Waals surface area contributed by atoms with Gasteiger partial charge in [0.15, 0.2) is 18.1 Å². The van der Waals surface area contributed by atoms with Crippen LogP contribution in [0.2, 0.25) is 0 Å². The van der Waals surface area contributed by atoms with E-state index < -0.39 is 11.9 Å².